The molecule has 5 rings (SSSR count). The molecule has 1 aliphatic rings. The van der Waals surface area contributed by atoms with E-state index in [1.807, 2.05) is 15.2 Å². The van der Waals surface area contributed by atoms with Gasteiger partial charge in [-0.1, -0.05) is 69.7 Å². The number of hydrogen-bond donors (Lipinski definition) is 1. The zero-order chi connectivity index (χ0) is 25.6. The molecule has 8 nitrogen and oxygen atoms in total. The molecular formula is C29H37N7O. The van der Waals surface area contributed by atoms with Gasteiger partial charge in [0.1, 0.15) is 0 Å². The van der Waals surface area contributed by atoms with Crippen LogP contribution in [-0.2, 0) is 19.5 Å². The second-order valence-corrected chi connectivity index (χ2v) is 10.3. The maximum absolute atomic E-state index is 13.6. The Morgan fingerprint density at radius 1 is 1.03 bits per heavy atom. The molecule has 3 aromatic heterocycles. The van der Waals surface area contributed by atoms with Crippen molar-refractivity contribution in [3.05, 3.63) is 70.2 Å². The first-order valence-corrected chi connectivity index (χ1v) is 13.7. The lowest BCUT2D eigenvalue weighted by Gasteiger charge is -2.21. The average Bonchev–Trinajstić information content (AvgIpc) is 3.55. The van der Waals surface area contributed by atoms with Gasteiger partial charge in [-0.2, -0.15) is 5.21 Å². The predicted molar refractivity (Wildman–Crippen MR) is 145 cm³/mol. The van der Waals surface area contributed by atoms with Gasteiger partial charge in [-0.05, 0) is 60.1 Å². The van der Waals surface area contributed by atoms with Gasteiger partial charge in [0.15, 0.2) is 0 Å². The molecule has 1 N–H and O–H groups in total. The Bertz CT molecular complexity index is 1350. The molecule has 0 aliphatic heterocycles. The molecular weight excluding hydrogens is 462 g/mol. The van der Waals surface area contributed by atoms with Crippen molar-refractivity contribution in [2.45, 2.75) is 84.7 Å². The minimum absolute atomic E-state index is 0.136. The van der Waals surface area contributed by atoms with E-state index in [1.165, 1.54) is 37.8 Å². The van der Waals surface area contributed by atoms with Crippen molar-refractivity contribution in [1.82, 2.24) is 34.7 Å². The van der Waals surface area contributed by atoms with Crippen molar-refractivity contribution in [1.29, 1.82) is 0 Å². The van der Waals surface area contributed by atoms with E-state index in [0.717, 1.165) is 66.1 Å². The van der Waals surface area contributed by atoms with Crippen LogP contribution in [0.5, 0.6) is 0 Å². The third kappa shape index (κ3) is 5.58. The third-order valence-corrected chi connectivity index (χ3v) is 7.88. The van der Waals surface area contributed by atoms with E-state index < -0.39 is 0 Å². The number of hydrogen-bond acceptors (Lipinski definition) is 5. The van der Waals surface area contributed by atoms with Crippen molar-refractivity contribution in [3.8, 4) is 22.5 Å². The number of nitrogens with zero attached hydrogens (tertiary/aromatic N) is 6. The highest BCUT2D eigenvalue weighted by Crippen LogP contribution is 2.29. The number of H-pyrrole nitrogens is 1. The largest absolute Gasteiger partial charge is 0.328 e. The number of tetrazole rings is 1. The van der Waals surface area contributed by atoms with Gasteiger partial charge < -0.3 is 0 Å². The summed E-state index contributed by atoms with van der Waals surface area (Å²) >= 11 is 0. The number of nitrogens with one attached hydrogen (secondary N) is 1. The second-order valence-electron chi connectivity index (χ2n) is 10.3. The minimum atomic E-state index is 0.136. The number of unbranched alkanes of at least 4 members (excludes halogenated alkanes) is 1. The smallest absolute Gasteiger partial charge is 0.296 e. The van der Waals surface area contributed by atoms with E-state index in [1.54, 1.807) is 12.4 Å². The zero-order valence-electron chi connectivity index (χ0n) is 22.0. The minimum Gasteiger partial charge on any atom is -0.296 e. The van der Waals surface area contributed by atoms with Crippen molar-refractivity contribution in [3.63, 3.8) is 0 Å². The highest BCUT2D eigenvalue weighted by Gasteiger charge is 2.19. The predicted octanol–water partition coefficient (Wildman–Crippen LogP) is 5.56. The zero-order valence-corrected chi connectivity index (χ0v) is 22.0. The van der Waals surface area contributed by atoms with E-state index in [2.05, 4.69) is 63.7 Å². The molecule has 0 saturated heterocycles. The van der Waals surface area contributed by atoms with Gasteiger partial charge in [0.25, 0.3) is 0 Å². The fraction of sp³-hybridized carbons (Fsp3) is 0.483. The van der Waals surface area contributed by atoms with Crippen LogP contribution in [0.3, 0.4) is 0 Å². The quantitative estimate of drug-likeness (QED) is 0.308. The molecule has 1 saturated carbocycles. The summed E-state index contributed by atoms with van der Waals surface area (Å²) in [5, 5.41) is 14.4. The lowest BCUT2D eigenvalue weighted by molar-refractivity contribution is 0.321. The average molecular weight is 500 g/mol. The molecule has 0 unspecified atom stereocenters. The van der Waals surface area contributed by atoms with Crippen LogP contribution in [0.2, 0.25) is 0 Å². The Morgan fingerprint density at radius 2 is 1.84 bits per heavy atom. The van der Waals surface area contributed by atoms with E-state index in [9.17, 15) is 4.79 Å². The van der Waals surface area contributed by atoms with E-state index >= 15 is 0 Å². The summed E-state index contributed by atoms with van der Waals surface area (Å²) in [4.78, 5) is 17.8. The number of aromatic nitrogens is 7. The molecule has 1 aliphatic carbocycles. The van der Waals surface area contributed by atoms with Gasteiger partial charge in [-0.25, -0.2) is 4.79 Å². The molecule has 3 heterocycles. The fourth-order valence-electron chi connectivity index (χ4n) is 5.70. The molecule has 1 fully saturated rings. The fourth-order valence-corrected chi connectivity index (χ4v) is 5.70. The van der Waals surface area contributed by atoms with Crippen molar-refractivity contribution in [2.24, 2.45) is 5.92 Å². The van der Waals surface area contributed by atoms with E-state index in [4.69, 9.17) is 0 Å². The molecule has 0 amide bonds. The first kappa shape index (κ1) is 25.1. The Balaban J connectivity index is 1.39. The van der Waals surface area contributed by atoms with E-state index in [-0.39, 0.29) is 5.69 Å². The summed E-state index contributed by atoms with van der Waals surface area (Å²) < 4.78 is 4.06. The maximum atomic E-state index is 13.6. The van der Waals surface area contributed by atoms with Crippen LogP contribution >= 0.6 is 0 Å². The standard InChI is InChI=1S/C29H37N7O/c1-3-4-10-27-21(2)35(18-16-22-8-6-5-7-9-22)29(37)36(27)20-23-11-13-24(14-12-23)25-15-17-30-19-26(25)28-31-33-34-32-28/h11-15,17,19,22H,3-10,16,18,20H2,1-2H3,(H,31,32,33,34). The van der Waals surface area contributed by atoms with Gasteiger partial charge in [-0.15, -0.1) is 10.2 Å². The molecule has 194 valence electrons. The van der Waals surface area contributed by atoms with Gasteiger partial charge in [0, 0.05) is 35.9 Å². The van der Waals surface area contributed by atoms with Crippen LogP contribution in [0.25, 0.3) is 22.5 Å². The van der Waals surface area contributed by atoms with Crippen LogP contribution in [0.4, 0.5) is 0 Å². The Morgan fingerprint density at radius 3 is 2.57 bits per heavy atom. The molecule has 4 aromatic rings. The van der Waals surface area contributed by atoms with Crippen molar-refractivity contribution in [2.75, 3.05) is 0 Å². The van der Waals surface area contributed by atoms with E-state index in [0.29, 0.717) is 12.4 Å². The SMILES string of the molecule is CCCCc1c(C)n(CCC2CCCCC2)c(=O)n1Cc1ccc(-c2ccncc2-c2nn[nH]n2)cc1. The van der Waals surface area contributed by atoms with Crippen LogP contribution in [0.15, 0.2) is 47.5 Å². The number of imidazole rings is 1. The second kappa shape index (κ2) is 11.7. The first-order valence-electron chi connectivity index (χ1n) is 13.7. The van der Waals surface area contributed by atoms with Crippen LogP contribution in [0, 0.1) is 12.8 Å². The normalized spacial score (nSPS) is 14.3. The van der Waals surface area contributed by atoms with Gasteiger partial charge in [0.05, 0.1) is 6.54 Å². The molecule has 0 radical (unpaired) electrons. The molecule has 0 bridgehead atoms. The number of rotatable bonds is 10. The van der Waals surface area contributed by atoms with Crippen LogP contribution in [0.1, 0.15) is 75.2 Å². The Kier molecular flexibility index (Phi) is 7.92. The maximum Gasteiger partial charge on any atom is 0.328 e. The molecule has 8 heteroatoms. The van der Waals surface area contributed by atoms with Gasteiger partial charge >= 0.3 is 5.69 Å². The van der Waals surface area contributed by atoms with Crippen LogP contribution < -0.4 is 5.69 Å². The number of aromatic amines is 1. The summed E-state index contributed by atoms with van der Waals surface area (Å²) in [6.45, 7) is 5.76. The summed E-state index contributed by atoms with van der Waals surface area (Å²) in [6, 6.07) is 10.4. The topological polar surface area (TPSA) is 94.3 Å². The monoisotopic (exact) mass is 499 g/mol. The summed E-state index contributed by atoms with van der Waals surface area (Å²) in [5.41, 5.74) is 6.45. The summed E-state index contributed by atoms with van der Waals surface area (Å²) in [6.07, 6.45) is 14.5. The third-order valence-electron chi connectivity index (χ3n) is 7.88. The highest BCUT2D eigenvalue weighted by molar-refractivity contribution is 5.79. The highest BCUT2D eigenvalue weighted by atomic mass is 16.1. The van der Waals surface area contributed by atoms with Gasteiger partial charge in [0.2, 0.25) is 5.82 Å². The van der Waals surface area contributed by atoms with Crippen LogP contribution in [-0.4, -0.2) is 34.7 Å². The molecule has 37 heavy (non-hydrogen) atoms. The number of pyridine rings is 1. The van der Waals surface area contributed by atoms with Crippen molar-refractivity contribution >= 4 is 0 Å². The Labute approximate surface area is 218 Å². The Hall–Kier alpha value is -3.55. The molecule has 1 aromatic carbocycles. The molecule has 0 atom stereocenters. The summed E-state index contributed by atoms with van der Waals surface area (Å²) in [5.74, 6) is 1.28. The van der Waals surface area contributed by atoms with Crippen molar-refractivity contribution < 1.29 is 0 Å². The molecule has 0 spiro atoms. The first-order chi connectivity index (χ1) is 18.2. The summed E-state index contributed by atoms with van der Waals surface area (Å²) in [7, 11) is 0. The lowest BCUT2D eigenvalue weighted by Crippen LogP contribution is -2.27. The van der Waals surface area contributed by atoms with Gasteiger partial charge in [-0.3, -0.25) is 14.1 Å². The lowest BCUT2D eigenvalue weighted by atomic mass is 9.87. The number of benzene rings is 1.